The molecule has 36 heavy (non-hydrogen) atoms. The lowest BCUT2D eigenvalue weighted by molar-refractivity contribution is -0.384. The average Bonchev–Trinajstić information content (AvgIpc) is 2.77. The van der Waals surface area contributed by atoms with Crippen molar-refractivity contribution in [3.05, 3.63) is 70.0 Å². The summed E-state index contributed by atoms with van der Waals surface area (Å²) in [6.07, 6.45) is 0. The van der Waals surface area contributed by atoms with Crippen LogP contribution in [0, 0.1) is 24.0 Å². The molecule has 0 aliphatic carbocycles. The molecule has 0 saturated heterocycles. The number of ether oxygens (including phenoxy) is 1. The van der Waals surface area contributed by atoms with Crippen LogP contribution in [0.5, 0.6) is 5.75 Å². The molecule has 0 radical (unpaired) electrons. The van der Waals surface area contributed by atoms with Crippen molar-refractivity contribution < 1.29 is 27.7 Å². The Kier molecular flexibility index (Phi) is 6.53. The van der Waals surface area contributed by atoms with E-state index in [9.17, 15) is 28.1 Å². The predicted octanol–water partition coefficient (Wildman–Crippen LogP) is 2.17. The van der Waals surface area contributed by atoms with Crippen LogP contribution < -0.4 is 19.7 Å². The van der Waals surface area contributed by atoms with Gasteiger partial charge in [0, 0.05) is 23.1 Å². The minimum absolute atomic E-state index is 0.0110. The zero-order chi connectivity index (χ0) is 26.0. The summed E-state index contributed by atoms with van der Waals surface area (Å²) in [4.78, 5) is 44.4. The maximum atomic E-state index is 12.7. The smallest absolute Gasteiger partial charge is 0.331 e. The highest BCUT2D eigenvalue weighted by atomic mass is 32.2. The van der Waals surface area contributed by atoms with Crippen LogP contribution in [0.2, 0.25) is 0 Å². The first kappa shape index (κ1) is 24.5. The van der Waals surface area contributed by atoms with Crippen molar-refractivity contribution in [1.29, 1.82) is 0 Å². The number of hydrogen-bond donors (Lipinski definition) is 2. The third-order valence-corrected chi connectivity index (χ3v) is 6.37. The zero-order valence-electron chi connectivity index (χ0n) is 19.1. The number of anilines is 3. The second-order valence-corrected chi connectivity index (χ2v) is 9.57. The lowest BCUT2D eigenvalue weighted by atomic mass is 10.2. The van der Waals surface area contributed by atoms with Crippen LogP contribution in [0.15, 0.2) is 53.4 Å². The van der Waals surface area contributed by atoms with Gasteiger partial charge in [0.05, 0.1) is 28.1 Å². The summed E-state index contributed by atoms with van der Waals surface area (Å²) in [5.41, 5.74) is 1.66. The Balaban J connectivity index is 1.43. The molecule has 0 spiro atoms. The number of rotatable bonds is 7. The molecule has 0 atom stereocenters. The summed E-state index contributed by atoms with van der Waals surface area (Å²) >= 11 is 0. The van der Waals surface area contributed by atoms with Crippen LogP contribution in [-0.4, -0.2) is 48.3 Å². The lowest BCUT2D eigenvalue weighted by Gasteiger charge is -2.28. The molecule has 2 aromatic carbocycles. The fraction of sp³-hybridized carbons (Fsp3) is 0.182. The van der Waals surface area contributed by atoms with Gasteiger partial charge >= 0.3 is 5.97 Å². The van der Waals surface area contributed by atoms with Gasteiger partial charge in [0.1, 0.15) is 6.54 Å². The number of non-ortho nitro benzene ring substituents is 1. The number of benzene rings is 2. The number of amides is 1. The van der Waals surface area contributed by atoms with Crippen molar-refractivity contribution in [3.8, 4) is 5.75 Å². The molecule has 2 N–H and O–H groups in total. The Hall–Kier alpha value is -4.59. The number of carbonyl (C=O) groups is 2. The summed E-state index contributed by atoms with van der Waals surface area (Å²) in [6, 6.07) is 10.9. The fourth-order valence-corrected chi connectivity index (χ4v) is 4.48. The molecule has 0 bridgehead atoms. The molecule has 0 saturated carbocycles. The summed E-state index contributed by atoms with van der Waals surface area (Å²) in [5.74, 6) is -1.21. The topological polar surface area (TPSA) is 174 Å². The molecule has 4 rings (SSSR count). The highest BCUT2D eigenvalue weighted by Gasteiger charge is 2.27. The van der Waals surface area contributed by atoms with Crippen molar-refractivity contribution in [2.45, 2.75) is 18.7 Å². The molecule has 14 heteroatoms. The van der Waals surface area contributed by atoms with E-state index in [2.05, 4.69) is 20.0 Å². The van der Waals surface area contributed by atoms with Gasteiger partial charge in [-0.25, -0.2) is 27.9 Å². The lowest BCUT2D eigenvalue weighted by Crippen LogP contribution is -2.41. The molecule has 0 fully saturated rings. The van der Waals surface area contributed by atoms with E-state index in [1.807, 2.05) is 0 Å². The molecule has 1 aliphatic rings. The van der Waals surface area contributed by atoms with E-state index < -0.39 is 26.8 Å². The monoisotopic (exact) mass is 512 g/mol. The van der Waals surface area contributed by atoms with Crippen LogP contribution in [0.3, 0.4) is 0 Å². The van der Waals surface area contributed by atoms with E-state index in [0.29, 0.717) is 22.8 Å². The van der Waals surface area contributed by atoms with E-state index in [1.54, 1.807) is 19.9 Å². The summed E-state index contributed by atoms with van der Waals surface area (Å²) in [6.45, 7) is 2.98. The first-order valence-corrected chi connectivity index (χ1v) is 12.0. The van der Waals surface area contributed by atoms with Gasteiger partial charge in [-0.1, -0.05) is 0 Å². The molecule has 3 aromatic rings. The van der Waals surface area contributed by atoms with Crippen LogP contribution >= 0.6 is 0 Å². The summed E-state index contributed by atoms with van der Waals surface area (Å²) in [5, 5.41) is 13.6. The van der Waals surface area contributed by atoms with Crippen molar-refractivity contribution in [2.24, 2.45) is 0 Å². The van der Waals surface area contributed by atoms with Crippen LogP contribution in [0.4, 0.5) is 23.0 Å². The first-order valence-electron chi connectivity index (χ1n) is 10.5. The van der Waals surface area contributed by atoms with Gasteiger partial charge in [-0.3, -0.25) is 14.9 Å². The average molecular weight is 513 g/mol. The van der Waals surface area contributed by atoms with Crippen LogP contribution in [-0.2, 0) is 19.6 Å². The van der Waals surface area contributed by atoms with E-state index >= 15 is 0 Å². The van der Waals surface area contributed by atoms with E-state index in [1.165, 1.54) is 41.3 Å². The highest BCUT2D eigenvalue weighted by molar-refractivity contribution is 7.92. The number of carbonyl (C=O) groups excluding carboxylic acids is 2. The van der Waals surface area contributed by atoms with Gasteiger partial charge in [-0.2, -0.15) is 0 Å². The number of nitro groups is 1. The third-order valence-electron chi connectivity index (χ3n) is 5.03. The second kappa shape index (κ2) is 9.58. The number of sulfonamides is 1. The van der Waals surface area contributed by atoms with Crippen molar-refractivity contribution in [3.63, 3.8) is 0 Å². The largest absolute Gasteiger partial charge is 0.423 e. The van der Waals surface area contributed by atoms with Gasteiger partial charge in [0.25, 0.3) is 15.7 Å². The molecule has 1 aliphatic heterocycles. The predicted molar refractivity (Wildman–Crippen MR) is 128 cm³/mol. The Morgan fingerprint density at radius 1 is 1.11 bits per heavy atom. The number of hydrogen-bond acceptors (Lipinski definition) is 10. The number of nitrogens with one attached hydrogen (secondary N) is 2. The number of aromatic nitrogens is 2. The molecular weight excluding hydrogens is 492 g/mol. The standard InChI is InChI=1S/C22H20N6O7S/c1-13-9-14(2)24-22(23-13)26-36(33,34)17-6-3-15(4-7-17)25-20(29)11-27-12-21(30)35-19-10-16(28(31)32)5-8-18(19)27/h3-10H,11-12H2,1-2H3,(H,25,29)(H,23,24,26). The Labute approximate surface area is 205 Å². The van der Waals surface area contributed by atoms with Gasteiger partial charge in [-0.05, 0) is 50.2 Å². The van der Waals surface area contributed by atoms with Gasteiger partial charge in [0.2, 0.25) is 11.9 Å². The molecule has 0 unspecified atom stereocenters. The maximum absolute atomic E-state index is 12.7. The zero-order valence-corrected chi connectivity index (χ0v) is 19.9. The highest BCUT2D eigenvalue weighted by Crippen LogP contribution is 2.35. The summed E-state index contributed by atoms with van der Waals surface area (Å²) in [7, 11) is -3.96. The Bertz CT molecular complexity index is 1450. The van der Waals surface area contributed by atoms with Gasteiger partial charge < -0.3 is 15.0 Å². The minimum atomic E-state index is -3.96. The number of aryl methyl sites for hydroxylation is 2. The number of nitrogens with zero attached hydrogens (tertiary/aromatic N) is 4. The van der Waals surface area contributed by atoms with Gasteiger partial charge in [-0.15, -0.1) is 0 Å². The number of fused-ring (bicyclic) bond motifs is 1. The van der Waals surface area contributed by atoms with Crippen LogP contribution in [0.25, 0.3) is 0 Å². The van der Waals surface area contributed by atoms with Gasteiger partial charge in [0.15, 0.2) is 5.75 Å². The number of esters is 1. The van der Waals surface area contributed by atoms with E-state index in [4.69, 9.17) is 4.74 Å². The number of nitro benzene ring substituents is 1. The third kappa shape index (κ3) is 5.55. The maximum Gasteiger partial charge on any atom is 0.331 e. The fourth-order valence-electron chi connectivity index (χ4n) is 3.54. The normalized spacial score (nSPS) is 12.9. The molecule has 1 aromatic heterocycles. The van der Waals surface area contributed by atoms with Crippen molar-refractivity contribution >= 4 is 44.9 Å². The van der Waals surface area contributed by atoms with E-state index in [0.717, 1.165) is 6.07 Å². The SMILES string of the molecule is Cc1cc(C)nc(NS(=O)(=O)c2ccc(NC(=O)CN3CC(=O)Oc4cc([N+](=O)[O-])ccc43)cc2)n1. The molecule has 2 heterocycles. The van der Waals surface area contributed by atoms with Crippen molar-refractivity contribution in [1.82, 2.24) is 9.97 Å². The minimum Gasteiger partial charge on any atom is -0.423 e. The Morgan fingerprint density at radius 3 is 2.42 bits per heavy atom. The molecule has 13 nitrogen and oxygen atoms in total. The van der Waals surface area contributed by atoms with Crippen LogP contribution in [0.1, 0.15) is 11.4 Å². The molecular formula is C22H20N6O7S. The summed E-state index contributed by atoms with van der Waals surface area (Å²) < 4.78 is 32.7. The quantitative estimate of drug-likeness (QED) is 0.207. The van der Waals surface area contributed by atoms with E-state index in [-0.39, 0.29) is 35.4 Å². The second-order valence-electron chi connectivity index (χ2n) is 7.89. The molecule has 1 amide bonds. The Morgan fingerprint density at radius 2 is 1.78 bits per heavy atom. The first-order chi connectivity index (χ1) is 17.0. The van der Waals surface area contributed by atoms with Crippen molar-refractivity contribution in [2.75, 3.05) is 28.0 Å². The molecule has 186 valence electrons.